The molecular formula is C26H41N3O6. The Kier molecular flexibility index (Phi) is 10.3. The summed E-state index contributed by atoms with van der Waals surface area (Å²) in [5.74, 6) is -1.59. The van der Waals surface area contributed by atoms with Crippen molar-refractivity contribution in [2.75, 3.05) is 13.7 Å². The van der Waals surface area contributed by atoms with Crippen LogP contribution in [-0.4, -0.2) is 59.6 Å². The van der Waals surface area contributed by atoms with Crippen LogP contribution in [0, 0.1) is 13.8 Å². The molecule has 0 saturated heterocycles. The maximum absolute atomic E-state index is 13.8. The zero-order chi connectivity index (χ0) is 27.1. The Morgan fingerprint density at radius 2 is 1.66 bits per heavy atom. The Bertz CT molecular complexity index is 936. The molecule has 2 N–H and O–H groups in total. The van der Waals surface area contributed by atoms with Crippen molar-refractivity contribution in [2.45, 2.75) is 92.0 Å². The van der Waals surface area contributed by atoms with Gasteiger partial charge in [-0.15, -0.1) is 0 Å². The van der Waals surface area contributed by atoms with Crippen LogP contribution in [0.2, 0.25) is 0 Å². The summed E-state index contributed by atoms with van der Waals surface area (Å²) in [6.45, 7) is 15.8. The first-order chi connectivity index (χ1) is 16.0. The summed E-state index contributed by atoms with van der Waals surface area (Å²) < 4.78 is 9.95. The SMILES string of the molecule is CCC(C)(C)N(C(=O)C(C)NC(=O)OC(C)(C)C)C(C(=O)NCC(=O)OC)c1ccc(C)cc1C. The number of aryl methyl sites for hydroxylation is 2. The normalized spacial score (nSPS) is 13.3. The summed E-state index contributed by atoms with van der Waals surface area (Å²) in [7, 11) is 1.23. The van der Waals surface area contributed by atoms with Gasteiger partial charge in [-0.25, -0.2) is 4.79 Å². The summed E-state index contributed by atoms with van der Waals surface area (Å²) in [5, 5.41) is 5.18. The first kappa shape index (κ1) is 29.9. The van der Waals surface area contributed by atoms with E-state index in [2.05, 4.69) is 15.4 Å². The van der Waals surface area contributed by atoms with Crippen LogP contribution in [0.5, 0.6) is 0 Å². The number of nitrogens with one attached hydrogen (secondary N) is 2. The molecule has 9 nitrogen and oxygen atoms in total. The predicted molar refractivity (Wildman–Crippen MR) is 134 cm³/mol. The van der Waals surface area contributed by atoms with Gasteiger partial charge in [0, 0.05) is 5.54 Å². The Labute approximate surface area is 208 Å². The second kappa shape index (κ2) is 12.0. The van der Waals surface area contributed by atoms with Crippen molar-refractivity contribution in [1.29, 1.82) is 0 Å². The van der Waals surface area contributed by atoms with E-state index >= 15 is 0 Å². The number of amides is 3. The molecule has 0 fully saturated rings. The van der Waals surface area contributed by atoms with Crippen molar-refractivity contribution in [3.63, 3.8) is 0 Å². The molecular weight excluding hydrogens is 450 g/mol. The van der Waals surface area contributed by atoms with Crippen LogP contribution in [0.15, 0.2) is 18.2 Å². The third-order valence-electron chi connectivity index (χ3n) is 5.72. The van der Waals surface area contributed by atoms with Crippen LogP contribution in [-0.2, 0) is 23.9 Å². The van der Waals surface area contributed by atoms with Crippen LogP contribution in [0.25, 0.3) is 0 Å². The third-order valence-corrected chi connectivity index (χ3v) is 5.72. The maximum Gasteiger partial charge on any atom is 0.408 e. The van der Waals surface area contributed by atoms with Gasteiger partial charge >= 0.3 is 12.1 Å². The Hall–Kier alpha value is -3.10. The highest BCUT2D eigenvalue weighted by Gasteiger charge is 2.42. The largest absolute Gasteiger partial charge is 0.468 e. The smallest absolute Gasteiger partial charge is 0.408 e. The molecule has 2 unspecified atom stereocenters. The molecule has 0 radical (unpaired) electrons. The molecule has 3 amide bonds. The summed E-state index contributed by atoms with van der Waals surface area (Å²) in [6, 6.07) is 3.58. The van der Waals surface area contributed by atoms with Gasteiger partial charge in [0.1, 0.15) is 24.2 Å². The fourth-order valence-electron chi connectivity index (χ4n) is 3.56. The number of esters is 1. The molecule has 1 aromatic carbocycles. The molecule has 196 valence electrons. The van der Waals surface area contributed by atoms with Crippen molar-refractivity contribution in [2.24, 2.45) is 0 Å². The molecule has 0 aliphatic heterocycles. The number of nitrogens with zero attached hydrogens (tertiary/aromatic N) is 1. The van der Waals surface area contributed by atoms with Gasteiger partial charge in [0.15, 0.2) is 0 Å². The Morgan fingerprint density at radius 1 is 1.06 bits per heavy atom. The highest BCUT2D eigenvalue weighted by molar-refractivity contribution is 5.93. The van der Waals surface area contributed by atoms with Crippen LogP contribution < -0.4 is 10.6 Å². The molecule has 0 heterocycles. The monoisotopic (exact) mass is 491 g/mol. The summed E-state index contributed by atoms with van der Waals surface area (Å²) in [6.07, 6.45) is -0.199. The first-order valence-corrected chi connectivity index (χ1v) is 11.8. The Morgan fingerprint density at radius 3 is 2.14 bits per heavy atom. The van der Waals surface area contributed by atoms with E-state index in [-0.39, 0.29) is 6.54 Å². The van der Waals surface area contributed by atoms with E-state index in [1.54, 1.807) is 27.7 Å². The molecule has 0 saturated carbocycles. The number of hydrogen-bond donors (Lipinski definition) is 2. The fourth-order valence-corrected chi connectivity index (χ4v) is 3.56. The molecule has 35 heavy (non-hydrogen) atoms. The van der Waals surface area contributed by atoms with E-state index in [4.69, 9.17) is 4.74 Å². The van der Waals surface area contributed by atoms with Crippen LogP contribution in [0.1, 0.15) is 77.6 Å². The number of hydrogen-bond acceptors (Lipinski definition) is 6. The van der Waals surface area contributed by atoms with Gasteiger partial charge in [0.05, 0.1) is 7.11 Å². The van der Waals surface area contributed by atoms with Crippen molar-refractivity contribution >= 4 is 23.9 Å². The number of benzene rings is 1. The molecule has 0 aliphatic carbocycles. The molecule has 9 heteroatoms. The van der Waals surface area contributed by atoms with Crippen LogP contribution in [0.3, 0.4) is 0 Å². The first-order valence-electron chi connectivity index (χ1n) is 11.8. The number of ether oxygens (including phenoxy) is 2. The van der Waals surface area contributed by atoms with Gasteiger partial charge in [-0.3, -0.25) is 14.4 Å². The zero-order valence-electron chi connectivity index (χ0n) is 22.7. The molecule has 0 aliphatic rings. The van der Waals surface area contributed by atoms with Crippen molar-refractivity contribution < 1.29 is 28.7 Å². The lowest BCUT2D eigenvalue weighted by Gasteiger charge is -2.44. The summed E-state index contributed by atoms with van der Waals surface area (Å²) >= 11 is 0. The van der Waals surface area contributed by atoms with Crippen LogP contribution in [0.4, 0.5) is 4.79 Å². The standard InChI is InChI=1S/C26H41N3O6/c1-11-26(8,9)29(23(32)18(4)28-24(33)35-25(5,6)7)21(22(31)27-15-20(30)34-10)19-13-12-16(2)14-17(19)3/h12-14,18,21H,11,15H2,1-10H3,(H,27,31)(H,28,33). The van der Waals surface area contributed by atoms with Gasteiger partial charge < -0.3 is 25.0 Å². The van der Waals surface area contributed by atoms with E-state index in [0.717, 1.165) is 11.1 Å². The minimum Gasteiger partial charge on any atom is -0.468 e. The molecule has 0 aromatic heterocycles. The quantitative estimate of drug-likeness (QED) is 0.511. The van der Waals surface area contributed by atoms with E-state index < -0.39 is 47.1 Å². The zero-order valence-corrected chi connectivity index (χ0v) is 22.7. The minimum atomic E-state index is -1.05. The Balaban J connectivity index is 3.53. The highest BCUT2D eigenvalue weighted by atomic mass is 16.6. The fraction of sp³-hybridized carbons (Fsp3) is 0.615. The molecule has 1 aromatic rings. The van der Waals surface area contributed by atoms with Gasteiger partial charge in [0.25, 0.3) is 0 Å². The number of methoxy groups -OCH3 is 1. The summed E-state index contributed by atoms with van der Waals surface area (Å²) in [5.41, 5.74) is 0.946. The average Bonchev–Trinajstić information content (AvgIpc) is 2.74. The molecule has 1 rings (SSSR count). The van der Waals surface area contributed by atoms with Crippen molar-refractivity contribution in [1.82, 2.24) is 15.5 Å². The van der Waals surface area contributed by atoms with E-state index in [9.17, 15) is 19.2 Å². The molecule has 0 bridgehead atoms. The molecule has 2 atom stereocenters. The van der Waals surface area contributed by atoms with Crippen molar-refractivity contribution in [3.05, 3.63) is 34.9 Å². The summed E-state index contributed by atoms with van der Waals surface area (Å²) in [4.78, 5) is 52.9. The topological polar surface area (TPSA) is 114 Å². The van der Waals surface area contributed by atoms with Gasteiger partial charge in [-0.2, -0.15) is 0 Å². The van der Waals surface area contributed by atoms with E-state index in [1.165, 1.54) is 12.0 Å². The lowest BCUT2D eigenvalue weighted by atomic mass is 9.90. The van der Waals surface area contributed by atoms with Gasteiger partial charge in [0.2, 0.25) is 11.8 Å². The maximum atomic E-state index is 13.8. The predicted octanol–water partition coefficient (Wildman–Crippen LogP) is 3.56. The second-order valence-electron chi connectivity index (χ2n) is 10.3. The number of carbonyl (C=O) groups is 4. The van der Waals surface area contributed by atoms with Gasteiger partial charge in [-0.05, 0) is 72.9 Å². The lowest BCUT2D eigenvalue weighted by molar-refractivity contribution is -0.149. The van der Waals surface area contributed by atoms with Crippen LogP contribution >= 0.6 is 0 Å². The van der Waals surface area contributed by atoms with E-state index in [0.29, 0.717) is 12.0 Å². The number of alkyl carbamates (subject to hydrolysis) is 1. The number of rotatable bonds is 9. The highest BCUT2D eigenvalue weighted by Crippen LogP contribution is 2.33. The lowest BCUT2D eigenvalue weighted by Crippen LogP contribution is -2.59. The molecule has 0 spiro atoms. The average molecular weight is 492 g/mol. The second-order valence-corrected chi connectivity index (χ2v) is 10.3. The third kappa shape index (κ3) is 8.56. The van der Waals surface area contributed by atoms with Crippen molar-refractivity contribution in [3.8, 4) is 0 Å². The minimum absolute atomic E-state index is 0.336. The van der Waals surface area contributed by atoms with Gasteiger partial charge in [-0.1, -0.05) is 30.7 Å². The van der Waals surface area contributed by atoms with E-state index in [1.807, 2.05) is 52.8 Å². The number of carbonyl (C=O) groups excluding carboxylic acids is 4.